The lowest BCUT2D eigenvalue weighted by molar-refractivity contribution is -0.0108. The van der Waals surface area contributed by atoms with Crippen molar-refractivity contribution in [1.29, 1.82) is 0 Å². The van der Waals surface area contributed by atoms with Crippen LogP contribution >= 0.6 is 11.6 Å². The first-order valence-corrected chi connectivity index (χ1v) is 13.2. The average molecular weight is 533 g/mol. The van der Waals surface area contributed by atoms with E-state index in [0.29, 0.717) is 35.1 Å². The molecule has 0 unspecified atom stereocenters. The zero-order chi connectivity index (χ0) is 26.3. The van der Waals surface area contributed by atoms with Crippen molar-refractivity contribution in [3.63, 3.8) is 0 Å². The Kier molecular flexibility index (Phi) is 7.20. The van der Waals surface area contributed by atoms with Crippen molar-refractivity contribution in [2.45, 2.75) is 88.8 Å². The Morgan fingerprint density at radius 3 is 2.62 bits per heavy atom. The molecular weight excluding hydrogens is 499 g/mol. The van der Waals surface area contributed by atoms with Crippen molar-refractivity contribution < 1.29 is 23.4 Å². The molecule has 10 heteroatoms. The lowest BCUT2D eigenvalue weighted by Gasteiger charge is -2.45. The summed E-state index contributed by atoms with van der Waals surface area (Å²) in [5, 5.41) is 0.542. The molecule has 37 heavy (non-hydrogen) atoms. The Morgan fingerprint density at radius 2 is 1.97 bits per heavy atom. The molecule has 2 saturated heterocycles. The Hall–Kier alpha value is -2.65. The van der Waals surface area contributed by atoms with E-state index in [2.05, 4.69) is 9.88 Å². The van der Waals surface area contributed by atoms with Crippen molar-refractivity contribution in [2.24, 2.45) is 0 Å². The monoisotopic (exact) mass is 532 g/mol. The number of carbonyl (C=O) groups excluding carboxylic acids is 1. The predicted molar refractivity (Wildman–Crippen MR) is 139 cm³/mol. The fourth-order valence-electron chi connectivity index (χ4n) is 5.51. The molecule has 0 radical (unpaired) electrons. The van der Waals surface area contributed by atoms with Gasteiger partial charge >= 0.3 is 6.09 Å². The summed E-state index contributed by atoms with van der Waals surface area (Å²) in [4.78, 5) is 26.0. The third kappa shape index (κ3) is 5.48. The van der Waals surface area contributed by atoms with Crippen LogP contribution in [0, 0.1) is 0 Å². The van der Waals surface area contributed by atoms with Crippen LogP contribution in [0.4, 0.5) is 15.0 Å². The minimum Gasteiger partial charge on any atom is -0.467 e. The highest BCUT2D eigenvalue weighted by molar-refractivity contribution is 6.30. The number of hydrogen-bond acceptors (Lipinski definition) is 7. The van der Waals surface area contributed by atoms with Gasteiger partial charge < -0.3 is 19.1 Å². The summed E-state index contributed by atoms with van der Waals surface area (Å²) in [5.74, 6) is 1.20. The summed E-state index contributed by atoms with van der Waals surface area (Å²) in [5.41, 5.74) is 0.749. The highest BCUT2D eigenvalue weighted by Crippen LogP contribution is 2.44. The van der Waals surface area contributed by atoms with Gasteiger partial charge in [0.2, 0.25) is 0 Å². The van der Waals surface area contributed by atoms with Crippen LogP contribution in [0.5, 0.6) is 5.75 Å². The number of benzene rings is 1. The van der Waals surface area contributed by atoms with Gasteiger partial charge in [-0.1, -0.05) is 11.6 Å². The summed E-state index contributed by atoms with van der Waals surface area (Å²) in [7, 11) is 1.55. The van der Waals surface area contributed by atoms with E-state index in [-0.39, 0.29) is 24.9 Å². The third-order valence-corrected chi connectivity index (χ3v) is 7.39. The maximum Gasteiger partial charge on any atom is 0.410 e. The molecule has 3 fully saturated rings. The molecule has 2 aromatic rings. The molecule has 0 spiro atoms. The molecule has 0 N–H and O–H groups in total. The summed E-state index contributed by atoms with van der Waals surface area (Å²) < 4.78 is 32.4. The van der Waals surface area contributed by atoms with Gasteiger partial charge in [-0.2, -0.15) is 0 Å². The van der Waals surface area contributed by atoms with Gasteiger partial charge in [0.1, 0.15) is 23.3 Å². The van der Waals surface area contributed by atoms with E-state index in [0.717, 1.165) is 24.8 Å². The second kappa shape index (κ2) is 10.3. The Balaban J connectivity index is 1.37. The lowest BCUT2D eigenvalue weighted by atomic mass is 9.94. The van der Waals surface area contributed by atoms with Gasteiger partial charge in [-0.25, -0.2) is 14.2 Å². The largest absolute Gasteiger partial charge is 0.467 e. The highest BCUT2D eigenvalue weighted by atomic mass is 35.5. The second-order valence-corrected chi connectivity index (χ2v) is 11.5. The van der Waals surface area contributed by atoms with Crippen LogP contribution in [0.15, 0.2) is 30.6 Å². The summed E-state index contributed by atoms with van der Waals surface area (Å²) in [6.07, 6.45) is 5.73. The van der Waals surface area contributed by atoms with Crippen molar-refractivity contribution in [3.05, 3.63) is 35.6 Å². The van der Waals surface area contributed by atoms with E-state index in [1.54, 1.807) is 36.5 Å². The number of methoxy groups -OCH3 is 1. The quantitative estimate of drug-likeness (QED) is 0.428. The first kappa shape index (κ1) is 26.0. The highest BCUT2D eigenvalue weighted by Gasteiger charge is 2.54. The standard InChI is InChI=1S/C27H34ClFN4O4/c1-27(2,3)37-26(34)33-18-8-10-21(33)25(29)22(12-18)32(17-6-7-17)24-14-30-20(13-31-24)19-9-5-16(28)11-23(19)36-15-35-4/h5,9,11,13-14,17-18,21-22,25H,6-8,10,12,15H2,1-4H3/t18-,21+,22-,25+/m0/s1. The van der Waals surface area contributed by atoms with Gasteiger partial charge in [0, 0.05) is 29.8 Å². The molecule has 8 nitrogen and oxygen atoms in total. The van der Waals surface area contributed by atoms with Crippen LogP contribution in [-0.2, 0) is 9.47 Å². The van der Waals surface area contributed by atoms with Crippen molar-refractivity contribution in [1.82, 2.24) is 14.9 Å². The maximum absolute atomic E-state index is 16.1. The molecule has 1 aromatic carbocycles. The fourth-order valence-corrected chi connectivity index (χ4v) is 5.67. The van der Waals surface area contributed by atoms with Crippen LogP contribution in [0.1, 0.15) is 52.9 Å². The predicted octanol–water partition coefficient (Wildman–Crippen LogP) is 5.63. The maximum atomic E-state index is 16.1. The third-order valence-electron chi connectivity index (χ3n) is 7.15. The van der Waals surface area contributed by atoms with Crippen molar-refractivity contribution in [2.75, 3.05) is 18.8 Å². The SMILES string of the molecule is COCOc1cc(Cl)ccc1-c1cnc(N(C2CC2)[C@H]2C[C@@H]3CC[C@H]([C@H]2F)N3C(=O)OC(C)(C)C)cn1. The molecule has 3 aliphatic rings. The molecule has 1 amide bonds. The van der Waals surface area contributed by atoms with Crippen molar-refractivity contribution in [3.8, 4) is 17.0 Å². The molecular formula is C27H34ClFN4O4. The second-order valence-electron chi connectivity index (χ2n) is 11.0. The van der Waals surface area contributed by atoms with Gasteiger partial charge in [-0.05, 0) is 71.1 Å². The molecule has 200 valence electrons. The number of anilines is 1. The number of nitrogens with zero attached hydrogens (tertiary/aromatic N) is 4. The summed E-state index contributed by atoms with van der Waals surface area (Å²) in [6, 6.07) is 4.65. The average Bonchev–Trinajstić information content (AvgIpc) is 3.61. The number of alkyl halides is 1. The topological polar surface area (TPSA) is 77.0 Å². The van der Waals surface area contributed by atoms with Gasteiger partial charge in [0.15, 0.2) is 6.79 Å². The number of piperidine rings is 1. The fraction of sp³-hybridized carbons (Fsp3) is 0.593. The minimum absolute atomic E-state index is 0.0418. The van der Waals surface area contributed by atoms with Gasteiger partial charge in [0.25, 0.3) is 0 Å². The number of rotatable bonds is 7. The van der Waals surface area contributed by atoms with Crippen LogP contribution < -0.4 is 9.64 Å². The molecule has 4 atom stereocenters. The van der Waals surface area contributed by atoms with E-state index < -0.39 is 23.9 Å². The molecule has 2 bridgehead atoms. The van der Waals surface area contributed by atoms with Crippen LogP contribution in [-0.4, -0.2) is 70.8 Å². The molecule has 1 aromatic heterocycles. The number of hydrogen-bond donors (Lipinski definition) is 0. The van der Waals surface area contributed by atoms with E-state index in [1.807, 2.05) is 26.8 Å². The molecule has 3 heterocycles. The lowest BCUT2D eigenvalue weighted by Crippen LogP contribution is -2.60. The number of halogens is 2. The molecule has 1 saturated carbocycles. The smallest absolute Gasteiger partial charge is 0.410 e. The molecule has 2 aliphatic heterocycles. The number of amides is 1. The molecule has 1 aliphatic carbocycles. The number of fused-ring (bicyclic) bond motifs is 2. The van der Waals surface area contributed by atoms with Crippen LogP contribution in [0.2, 0.25) is 5.02 Å². The van der Waals surface area contributed by atoms with Gasteiger partial charge in [-0.15, -0.1) is 0 Å². The first-order valence-electron chi connectivity index (χ1n) is 12.8. The van der Waals surface area contributed by atoms with E-state index in [9.17, 15) is 4.79 Å². The normalized spacial score (nSPS) is 25.2. The Bertz CT molecular complexity index is 1120. The summed E-state index contributed by atoms with van der Waals surface area (Å²) in [6.45, 7) is 5.58. The first-order chi connectivity index (χ1) is 17.7. The van der Waals surface area contributed by atoms with E-state index in [4.69, 9.17) is 30.8 Å². The van der Waals surface area contributed by atoms with E-state index in [1.165, 1.54) is 0 Å². The minimum atomic E-state index is -1.20. The summed E-state index contributed by atoms with van der Waals surface area (Å²) >= 11 is 6.15. The van der Waals surface area contributed by atoms with Crippen molar-refractivity contribution >= 4 is 23.5 Å². The zero-order valence-electron chi connectivity index (χ0n) is 21.7. The number of carbonyl (C=O) groups is 1. The Morgan fingerprint density at radius 1 is 1.19 bits per heavy atom. The number of aromatic nitrogens is 2. The Labute approximate surface area is 222 Å². The number of ether oxygens (including phenoxy) is 3. The van der Waals surface area contributed by atoms with Crippen LogP contribution in [0.25, 0.3) is 11.3 Å². The van der Waals surface area contributed by atoms with Crippen LogP contribution in [0.3, 0.4) is 0 Å². The van der Waals surface area contributed by atoms with Gasteiger partial charge in [0.05, 0.1) is 30.2 Å². The zero-order valence-corrected chi connectivity index (χ0v) is 22.4. The van der Waals surface area contributed by atoms with E-state index >= 15 is 4.39 Å². The molecule has 5 rings (SSSR count). The van der Waals surface area contributed by atoms with Gasteiger partial charge in [-0.3, -0.25) is 9.88 Å².